The average molecular weight is 365 g/mol. The lowest BCUT2D eigenvalue weighted by molar-refractivity contribution is 0.148. The Bertz CT molecular complexity index is 821. The van der Waals surface area contributed by atoms with Crippen LogP contribution in [0.2, 0.25) is 0 Å². The Morgan fingerprint density at radius 2 is 1.52 bits per heavy atom. The van der Waals surface area contributed by atoms with Gasteiger partial charge in [0.05, 0.1) is 0 Å². The molecule has 3 aromatic rings. The summed E-state index contributed by atoms with van der Waals surface area (Å²) in [5, 5.41) is 0. The summed E-state index contributed by atoms with van der Waals surface area (Å²) < 4.78 is 15.4. The summed E-state index contributed by atoms with van der Waals surface area (Å²) >= 11 is 0. The molecular weight excluding hydrogens is 335 g/mol. The fraction of sp³-hybridized carbons (Fsp3) is 0.333. The zero-order valence-corrected chi connectivity index (χ0v) is 16.5. The predicted molar refractivity (Wildman–Crippen MR) is 110 cm³/mol. The van der Waals surface area contributed by atoms with Gasteiger partial charge in [-0.2, -0.15) is 0 Å². The van der Waals surface area contributed by atoms with E-state index in [0.29, 0.717) is 12.0 Å². The maximum absolute atomic E-state index is 13.2. The largest absolute Gasteiger partial charge is 0.346 e. The van der Waals surface area contributed by atoms with Crippen LogP contribution in [0.15, 0.2) is 72.9 Å². The molecule has 142 valence electrons. The van der Waals surface area contributed by atoms with Crippen LogP contribution in [0.1, 0.15) is 37.6 Å². The minimum absolute atomic E-state index is 0.189. The van der Waals surface area contributed by atoms with Gasteiger partial charge < -0.3 is 4.57 Å². The van der Waals surface area contributed by atoms with Gasteiger partial charge in [0.25, 0.3) is 0 Å². The Labute approximate surface area is 162 Å². The molecule has 0 fully saturated rings. The highest BCUT2D eigenvalue weighted by Gasteiger charge is 2.19. The van der Waals surface area contributed by atoms with E-state index in [-0.39, 0.29) is 5.82 Å². The molecule has 3 heteroatoms. The summed E-state index contributed by atoms with van der Waals surface area (Å²) in [5.41, 5.74) is 3.73. The highest BCUT2D eigenvalue weighted by molar-refractivity contribution is 5.19. The molecule has 0 bridgehead atoms. The Balaban J connectivity index is 1.77. The van der Waals surface area contributed by atoms with E-state index in [2.05, 4.69) is 78.9 Å². The molecule has 0 radical (unpaired) electrons. The molecule has 1 atom stereocenters. The molecule has 1 aromatic heterocycles. The van der Waals surface area contributed by atoms with Gasteiger partial charge in [-0.15, -0.1) is 0 Å². The number of halogens is 1. The molecule has 3 rings (SSSR count). The lowest BCUT2D eigenvalue weighted by atomic mass is 10.0. The van der Waals surface area contributed by atoms with Gasteiger partial charge in [-0.05, 0) is 48.2 Å². The molecule has 0 amide bonds. The normalized spacial score (nSPS) is 12.7. The smallest absolute Gasteiger partial charge is 0.123 e. The Hall–Kier alpha value is -2.39. The van der Waals surface area contributed by atoms with Crippen molar-refractivity contribution >= 4 is 0 Å². The van der Waals surface area contributed by atoms with Crippen molar-refractivity contribution in [3.05, 3.63) is 95.6 Å². The number of hydrogen-bond donors (Lipinski definition) is 0. The maximum atomic E-state index is 13.2. The molecule has 0 N–H and O–H groups in total. The van der Waals surface area contributed by atoms with Gasteiger partial charge in [0, 0.05) is 37.6 Å². The summed E-state index contributed by atoms with van der Waals surface area (Å²) in [7, 11) is 0. The van der Waals surface area contributed by atoms with E-state index < -0.39 is 0 Å². The summed E-state index contributed by atoms with van der Waals surface area (Å²) in [6.45, 7) is 9.45. The van der Waals surface area contributed by atoms with Crippen molar-refractivity contribution in [1.82, 2.24) is 9.47 Å². The van der Waals surface area contributed by atoms with Crippen molar-refractivity contribution in [1.29, 1.82) is 0 Å². The molecule has 1 heterocycles. The lowest BCUT2D eigenvalue weighted by Gasteiger charge is -2.32. The molecule has 0 aliphatic heterocycles. The van der Waals surface area contributed by atoms with Crippen LogP contribution in [0.4, 0.5) is 4.39 Å². The molecule has 0 spiro atoms. The predicted octanol–water partition coefficient (Wildman–Crippen LogP) is 5.72. The van der Waals surface area contributed by atoms with Crippen LogP contribution in [-0.2, 0) is 19.6 Å². The lowest BCUT2D eigenvalue weighted by Crippen LogP contribution is -2.36. The molecule has 0 saturated heterocycles. The van der Waals surface area contributed by atoms with Crippen LogP contribution >= 0.6 is 0 Å². The third-order valence-corrected chi connectivity index (χ3v) is 5.32. The third kappa shape index (κ3) is 5.30. The summed E-state index contributed by atoms with van der Waals surface area (Å²) in [6.07, 6.45) is 2.11. The number of hydrogen-bond acceptors (Lipinski definition) is 1. The Morgan fingerprint density at radius 3 is 2.19 bits per heavy atom. The van der Waals surface area contributed by atoms with Crippen LogP contribution in [0.25, 0.3) is 0 Å². The van der Waals surface area contributed by atoms with Gasteiger partial charge in [-0.3, -0.25) is 4.90 Å². The van der Waals surface area contributed by atoms with Crippen molar-refractivity contribution < 1.29 is 4.39 Å². The maximum Gasteiger partial charge on any atom is 0.123 e. The Kier molecular flexibility index (Phi) is 6.46. The van der Waals surface area contributed by atoms with E-state index in [1.807, 2.05) is 12.1 Å². The van der Waals surface area contributed by atoms with Crippen molar-refractivity contribution in [2.45, 2.75) is 46.4 Å². The van der Waals surface area contributed by atoms with Crippen LogP contribution < -0.4 is 0 Å². The van der Waals surface area contributed by atoms with Crippen molar-refractivity contribution in [2.75, 3.05) is 0 Å². The zero-order chi connectivity index (χ0) is 19.2. The number of aromatic nitrogens is 1. The summed E-state index contributed by atoms with van der Waals surface area (Å²) in [4.78, 5) is 2.54. The Morgan fingerprint density at radius 1 is 0.815 bits per heavy atom. The topological polar surface area (TPSA) is 8.17 Å². The van der Waals surface area contributed by atoms with Gasteiger partial charge in [0.2, 0.25) is 0 Å². The van der Waals surface area contributed by atoms with Crippen molar-refractivity contribution in [2.24, 2.45) is 5.92 Å². The molecule has 0 saturated carbocycles. The number of nitrogens with zero attached hydrogens (tertiary/aromatic N) is 2. The first-order valence-corrected chi connectivity index (χ1v) is 9.69. The van der Waals surface area contributed by atoms with Gasteiger partial charge in [0.15, 0.2) is 0 Å². The first kappa shape index (κ1) is 19.4. The van der Waals surface area contributed by atoms with Crippen molar-refractivity contribution in [3.63, 3.8) is 0 Å². The highest BCUT2D eigenvalue weighted by atomic mass is 19.1. The van der Waals surface area contributed by atoms with Crippen LogP contribution in [-0.4, -0.2) is 15.5 Å². The monoisotopic (exact) mass is 364 g/mol. The average Bonchev–Trinajstić information content (AvgIpc) is 3.10. The van der Waals surface area contributed by atoms with Gasteiger partial charge in [0.1, 0.15) is 5.82 Å². The van der Waals surface area contributed by atoms with E-state index in [0.717, 1.165) is 25.2 Å². The minimum Gasteiger partial charge on any atom is -0.346 e. The highest BCUT2D eigenvalue weighted by Crippen LogP contribution is 2.19. The third-order valence-electron chi connectivity index (χ3n) is 5.32. The molecule has 0 aliphatic carbocycles. The minimum atomic E-state index is -0.189. The second-order valence-corrected chi connectivity index (χ2v) is 7.63. The standard InChI is InChI=1S/C24H29FN2/c1-19(2)20(3)27(17-21-8-5-4-6-9-21)18-24-10-7-15-26(24)16-22-11-13-23(25)14-12-22/h4-15,19-20H,16-18H2,1-3H3. The number of rotatable bonds is 8. The SMILES string of the molecule is CC(C)C(C)N(Cc1ccccc1)Cc1cccn1Cc1ccc(F)cc1. The molecular formula is C24H29FN2. The van der Waals surface area contributed by atoms with E-state index in [4.69, 9.17) is 0 Å². The van der Waals surface area contributed by atoms with Gasteiger partial charge in [-0.25, -0.2) is 4.39 Å². The van der Waals surface area contributed by atoms with Crippen LogP contribution in [0, 0.1) is 11.7 Å². The van der Waals surface area contributed by atoms with E-state index in [1.165, 1.54) is 23.4 Å². The summed E-state index contributed by atoms with van der Waals surface area (Å²) in [5.74, 6) is 0.389. The molecule has 2 nitrogen and oxygen atoms in total. The molecule has 2 aromatic carbocycles. The first-order chi connectivity index (χ1) is 13.0. The van der Waals surface area contributed by atoms with Crippen LogP contribution in [0.3, 0.4) is 0 Å². The van der Waals surface area contributed by atoms with E-state index in [1.54, 1.807) is 0 Å². The summed E-state index contributed by atoms with van der Waals surface area (Å²) in [6, 6.07) is 22.2. The second-order valence-electron chi connectivity index (χ2n) is 7.63. The van der Waals surface area contributed by atoms with Gasteiger partial charge in [-0.1, -0.05) is 56.3 Å². The van der Waals surface area contributed by atoms with Crippen LogP contribution in [0.5, 0.6) is 0 Å². The quantitative estimate of drug-likeness (QED) is 0.496. The van der Waals surface area contributed by atoms with Crippen molar-refractivity contribution in [3.8, 4) is 0 Å². The molecule has 1 unspecified atom stereocenters. The second kappa shape index (κ2) is 9.01. The van der Waals surface area contributed by atoms with E-state index >= 15 is 0 Å². The number of benzene rings is 2. The first-order valence-electron chi connectivity index (χ1n) is 9.69. The van der Waals surface area contributed by atoms with Gasteiger partial charge >= 0.3 is 0 Å². The molecule has 27 heavy (non-hydrogen) atoms. The fourth-order valence-corrected chi connectivity index (χ4v) is 3.33. The molecule has 0 aliphatic rings. The fourth-order valence-electron chi connectivity index (χ4n) is 3.33. The van der Waals surface area contributed by atoms with E-state index in [9.17, 15) is 4.39 Å². The zero-order valence-electron chi connectivity index (χ0n) is 16.5.